The van der Waals surface area contributed by atoms with Crippen LogP contribution in [0.2, 0.25) is 0 Å². The van der Waals surface area contributed by atoms with Crippen LogP contribution >= 0.6 is 0 Å². The summed E-state index contributed by atoms with van der Waals surface area (Å²) in [6.45, 7) is 6.65. The Kier molecular flexibility index (Phi) is 4.86. The van der Waals surface area contributed by atoms with E-state index < -0.39 is 0 Å². The zero-order valence-corrected chi connectivity index (χ0v) is 16.2. The monoisotopic (exact) mass is 376 g/mol. The van der Waals surface area contributed by atoms with Crippen molar-refractivity contribution in [1.82, 2.24) is 19.8 Å². The Morgan fingerprint density at radius 3 is 2.54 bits per heavy atom. The molecule has 3 aromatic rings. The summed E-state index contributed by atoms with van der Waals surface area (Å²) in [5, 5.41) is 2.96. The predicted molar refractivity (Wildman–Crippen MR) is 108 cm³/mol. The second kappa shape index (κ2) is 7.46. The van der Waals surface area contributed by atoms with Crippen molar-refractivity contribution in [3.8, 4) is 0 Å². The molecule has 0 saturated heterocycles. The number of nitrogens with one attached hydrogen (secondary N) is 1. The lowest BCUT2D eigenvalue weighted by Crippen LogP contribution is -2.40. The molecular formula is C22H24N4O2. The first-order valence-corrected chi connectivity index (χ1v) is 9.76. The number of aryl methyl sites for hydroxylation is 1. The first-order chi connectivity index (χ1) is 13.6. The third-order valence-corrected chi connectivity index (χ3v) is 5.35. The van der Waals surface area contributed by atoms with Gasteiger partial charge in [0.2, 0.25) is 0 Å². The van der Waals surface area contributed by atoms with Gasteiger partial charge in [0.15, 0.2) is 5.82 Å². The zero-order valence-electron chi connectivity index (χ0n) is 16.2. The minimum atomic E-state index is -0.144. The number of hydrogen-bond acceptors (Lipinski definition) is 3. The summed E-state index contributed by atoms with van der Waals surface area (Å²) >= 11 is 0. The van der Waals surface area contributed by atoms with Crippen LogP contribution in [0.5, 0.6) is 0 Å². The van der Waals surface area contributed by atoms with Gasteiger partial charge < -0.3 is 14.8 Å². The van der Waals surface area contributed by atoms with Crippen molar-refractivity contribution in [2.24, 2.45) is 0 Å². The van der Waals surface area contributed by atoms with Gasteiger partial charge in [-0.3, -0.25) is 9.59 Å². The standard InChI is InChI=1S/C22H24N4O2/c1-3-15-5-7-16(8-6-15)14-23-21(27)17-9-10-19-18(13-17)24-20-22(28)25(4-2)11-12-26(19)20/h5-10,13H,3-4,11-12,14H2,1-2H3,(H,23,27). The average Bonchev–Trinajstić information content (AvgIpc) is 3.11. The second-order valence-electron chi connectivity index (χ2n) is 7.03. The van der Waals surface area contributed by atoms with Crippen LogP contribution in [0.15, 0.2) is 42.5 Å². The Labute approximate surface area is 164 Å². The second-order valence-corrected chi connectivity index (χ2v) is 7.03. The third kappa shape index (κ3) is 3.26. The van der Waals surface area contributed by atoms with Crippen molar-refractivity contribution >= 4 is 22.8 Å². The zero-order chi connectivity index (χ0) is 19.7. The number of carbonyl (C=O) groups is 2. The molecule has 2 amide bonds. The molecule has 0 saturated carbocycles. The topological polar surface area (TPSA) is 67.2 Å². The van der Waals surface area contributed by atoms with Gasteiger partial charge in [-0.2, -0.15) is 0 Å². The molecule has 6 nitrogen and oxygen atoms in total. The summed E-state index contributed by atoms with van der Waals surface area (Å²) in [7, 11) is 0. The van der Waals surface area contributed by atoms with E-state index >= 15 is 0 Å². The number of nitrogens with zero attached hydrogens (tertiary/aromatic N) is 3. The first-order valence-electron chi connectivity index (χ1n) is 9.76. The van der Waals surface area contributed by atoms with E-state index in [1.807, 2.05) is 29.7 Å². The summed E-state index contributed by atoms with van der Waals surface area (Å²) in [6.07, 6.45) is 1.000. The Hall–Kier alpha value is -3.15. The predicted octanol–water partition coefficient (Wildman–Crippen LogP) is 3.00. The number of aromatic nitrogens is 2. The SMILES string of the molecule is CCc1ccc(CNC(=O)c2ccc3c(c2)nc2n3CCN(CC)C2=O)cc1. The van der Waals surface area contributed by atoms with Crippen LogP contribution in [0.4, 0.5) is 0 Å². The fourth-order valence-electron chi connectivity index (χ4n) is 3.60. The van der Waals surface area contributed by atoms with Crippen molar-refractivity contribution in [3.63, 3.8) is 0 Å². The smallest absolute Gasteiger partial charge is 0.289 e. The molecule has 6 heteroatoms. The lowest BCUT2D eigenvalue weighted by atomic mass is 10.1. The number of carbonyl (C=O) groups excluding carboxylic acids is 2. The summed E-state index contributed by atoms with van der Waals surface area (Å²) < 4.78 is 1.95. The van der Waals surface area contributed by atoms with Crippen molar-refractivity contribution in [3.05, 3.63) is 65.0 Å². The van der Waals surface area contributed by atoms with Gasteiger partial charge in [-0.15, -0.1) is 0 Å². The first kappa shape index (κ1) is 18.2. The van der Waals surface area contributed by atoms with E-state index in [0.29, 0.717) is 36.5 Å². The Bertz CT molecular complexity index is 1040. The fraction of sp³-hybridized carbons (Fsp3) is 0.318. The molecule has 1 aliphatic heterocycles. The van der Waals surface area contributed by atoms with Crippen LogP contribution in [-0.4, -0.2) is 39.4 Å². The molecule has 2 aromatic carbocycles. The average molecular weight is 376 g/mol. The molecule has 0 bridgehead atoms. The number of benzene rings is 2. The van der Waals surface area contributed by atoms with E-state index in [1.165, 1.54) is 5.56 Å². The summed E-state index contributed by atoms with van der Waals surface area (Å²) in [5.74, 6) is 0.261. The number of imidazole rings is 1. The van der Waals surface area contributed by atoms with Crippen LogP contribution in [0, 0.1) is 0 Å². The van der Waals surface area contributed by atoms with Gasteiger partial charge >= 0.3 is 0 Å². The quantitative estimate of drug-likeness (QED) is 0.744. The molecule has 1 N–H and O–H groups in total. The van der Waals surface area contributed by atoms with Gasteiger partial charge in [-0.05, 0) is 42.7 Å². The lowest BCUT2D eigenvalue weighted by molar-refractivity contribution is 0.0709. The molecule has 1 aromatic heterocycles. The van der Waals surface area contributed by atoms with Crippen molar-refractivity contribution < 1.29 is 9.59 Å². The molecule has 0 spiro atoms. The number of amides is 2. The van der Waals surface area contributed by atoms with Crippen LogP contribution in [0.1, 0.15) is 46.0 Å². The van der Waals surface area contributed by atoms with E-state index in [1.54, 1.807) is 17.0 Å². The summed E-state index contributed by atoms with van der Waals surface area (Å²) in [4.78, 5) is 31.4. The number of hydrogen-bond donors (Lipinski definition) is 1. The van der Waals surface area contributed by atoms with E-state index in [2.05, 4.69) is 29.4 Å². The molecule has 4 rings (SSSR count). The Morgan fingerprint density at radius 2 is 1.82 bits per heavy atom. The van der Waals surface area contributed by atoms with Gasteiger partial charge in [0.05, 0.1) is 11.0 Å². The molecule has 0 fully saturated rings. The number of fused-ring (bicyclic) bond motifs is 3. The maximum absolute atomic E-state index is 12.6. The normalized spacial score (nSPS) is 13.6. The van der Waals surface area contributed by atoms with Gasteiger partial charge in [0, 0.05) is 31.7 Å². The van der Waals surface area contributed by atoms with Crippen molar-refractivity contribution in [1.29, 1.82) is 0 Å². The highest BCUT2D eigenvalue weighted by Gasteiger charge is 2.27. The van der Waals surface area contributed by atoms with Gasteiger partial charge in [0.1, 0.15) is 0 Å². The highest BCUT2D eigenvalue weighted by molar-refractivity contribution is 5.99. The van der Waals surface area contributed by atoms with Gasteiger partial charge in [-0.25, -0.2) is 4.98 Å². The third-order valence-electron chi connectivity index (χ3n) is 5.35. The fourth-order valence-corrected chi connectivity index (χ4v) is 3.60. The summed E-state index contributed by atoms with van der Waals surface area (Å²) in [6, 6.07) is 13.7. The molecular weight excluding hydrogens is 352 g/mol. The van der Waals surface area contributed by atoms with Crippen molar-refractivity contribution in [2.75, 3.05) is 13.1 Å². The molecule has 2 heterocycles. The molecule has 0 aliphatic carbocycles. The Balaban J connectivity index is 1.52. The molecule has 28 heavy (non-hydrogen) atoms. The van der Waals surface area contributed by atoms with Crippen LogP contribution < -0.4 is 5.32 Å². The van der Waals surface area contributed by atoms with Crippen LogP contribution in [-0.2, 0) is 19.5 Å². The summed E-state index contributed by atoms with van der Waals surface area (Å²) in [5.41, 5.74) is 4.47. The van der Waals surface area contributed by atoms with Gasteiger partial charge in [-0.1, -0.05) is 31.2 Å². The molecule has 0 unspecified atom stereocenters. The minimum absolute atomic E-state index is 0.0496. The maximum atomic E-state index is 12.6. The molecule has 144 valence electrons. The van der Waals surface area contributed by atoms with Crippen molar-refractivity contribution in [2.45, 2.75) is 33.4 Å². The minimum Gasteiger partial charge on any atom is -0.348 e. The van der Waals surface area contributed by atoms with Crippen LogP contribution in [0.25, 0.3) is 11.0 Å². The van der Waals surface area contributed by atoms with E-state index in [0.717, 1.165) is 24.0 Å². The molecule has 0 radical (unpaired) electrons. The van der Waals surface area contributed by atoms with E-state index in [4.69, 9.17) is 0 Å². The number of rotatable bonds is 5. The highest BCUT2D eigenvalue weighted by atomic mass is 16.2. The maximum Gasteiger partial charge on any atom is 0.289 e. The molecule has 0 atom stereocenters. The number of likely N-dealkylation sites (N-methyl/N-ethyl adjacent to an activating group) is 1. The Morgan fingerprint density at radius 1 is 1.07 bits per heavy atom. The molecule has 1 aliphatic rings. The lowest BCUT2D eigenvalue weighted by Gasteiger charge is -2.26. The van der Waals surface area contributed by atoms with E-state index in [9.17, 15) is 9.59 Å². The van der Waals surface area contributed by atoms with E-state index in [-0.39, 0.29) is 11.8 Å². The largest absolute Gasteiger partial charge is 0.348 e. The van der Waals surface area contributed by atoms with Gasteiger partial charge in [0.25, 0.3) is 11.8 Å². The van der Waals surface area contributed by atoms with Crippen LogP contribution in [0.3, 0.4) is 0 Å². The highest BCUT2D eigenvalue weighted by Crippen LogP contribution is 2.22.